The Labute approximate surface area is 114 Å². The lowest BCUT2D eigenvalue weighted by Gasteiger charge is -2.08. The normalized spacial score (nSPS) is 12.7. The highest BCUT2D eigenvalue weighted by molar-refractivity contribution is 5.89. The number of nitrogens with zero attached hydrogens (tertiary/aromatic N) is 4. The minimum absolute atomic E-state index is 0.0322. The predicted octanol–water partition coefficient (Wildman–Crippen LogP) is 1.86. The molecule has 0 saturated heterocycles. The molecule has 1 atom stereocenters. The number of nitrogens with one attached hydrogen (secondary N) is 1. The zero-order valence-corrected chi connectivity index (χ0v) is 10.8. The molecule has 3 heterocycles. The van der Waals surface area contributed by atoms with Crippen LogP contribution in [0.15, 0.2) is 31.0 Å². The third-order valence-electron chi connectivity index (χ3n) is 3.15. The Morgan fingerprint density at radius 1 is 1.50 bits per heavy atom. The molecule has 20 heavy (non-hydrogen) atoms. The largest absolute Gasteiger partial charge is 0.481 e. The molecule has 3 aromatic heterocycles. The van der Waals surface area contributed by atoms with Crippen molar-refractivity contribution in [1.82, 2.24) is 24.7 Å². The fourth-order valence-electron chi connectivity index (χ4n) is 2.15. The highest BCUT2D eigenvalue weighted by atomic mass is 16.4. The predicted molar refractivity (Wildman–Crippen MR) is 72.1 cm³/mol. The Balaban J connectivity index is 1.97. The van der Waals surface area contributed by atoms with E-state index in [0.29, 0.717) is 0 Å². The van der Waals surface area contributed by atoms with Gasteiger partial charge in [-0.1, -0.05) is 0 Å². The molecule has 0 fully saturated rings. The number of aromatic nitrogens is 5. The fraction of sp³-hybridized carbons (Fsp3) is 0.231. The van der Waals surface area contributed by atoms with Gasteiger partial charge in [0.05, 0.1) is 24.4 Å². The summed E-state index contributed by atoms with van der Waals surface area (Å²) in [5.41, 5.74) is 2.39. The number of H-pyrrole nitrogens is 1. The van der Waals surface area contributed by atoms with Gasteiger partial charge in [0, 0.05) is 23.3 Å². The fourth-order valence-corrected chi connectivity index (χ4v) is 2.15. The summed E-state index contributed by atoms with van der Waals surface area (Å²) in [6.45, 7) is 1.82. The van der Waals surface area contributed by atoms with Crippen LogP contribution < -0.4 is 0 Å². The second kappa shape index (κ2) is 4.76. The summed E-state index contributed by atoms with van der Waals surface area (Å²) in [5.74, 6) is -0.843. The summed E-state index contributed by atoms with van der Waals surface area (Å²) in [6.07, 6.45) is 6.83. The highest BCUT2D eigenvalue weighted by Crippen LogP contribution is 2.25. The van der Waals surface area contributed by atoms with Gasteiger partial charge in [-0.2, -0.15) is 5.10 Å². The van der Waals surface area contributed by atoms with E-state index >= 15 is 0 Å². The third kappa shape index (κ3) is 2.13. The molecule has 0 aliphatic heterocycles. The molecule has 0 aromatic carbocycles. The van der Waals surface area contributed by atoms with Gasteiger partial charge >= 0.3 is 5.97 Å². The van der Waals surface area contributed by atoms with Crippen molar-refractivity contribution < 1.29 is 9.90 Å². The van der Waals surface area contributed by atoms with E-state index in [2.05, 4.69) is 20.1 Å². The number of carboxylic acids is 1. The topological polar surface area (TPSA) is 96.7 Å². The van der Waals surface area contributed by atoms with Crippen molar-refractivity contribution >= 4 is 17.0 Å². The van der Waals surface area contributed by atoms with Gasteiger partial charge in [0.2, 0.25) is 0 Å². The lowest BCUT2D eigenvalue weighted by Crippen LogP contribution is -2.10. The van der Waals surface area contributed by atoms with Gasteiger partial charge in [0.25, 0.3) is 0 Å². The highest BCUT2D eigenvalue weighted by Gasteiger charge is 2.13. The van der Waals surface area contributed by atoms with Crippen LogP contribution in [0, 0.1) is 0 Å². The van der Waals surface area contributed by atoms with Gasteiger partial charge in [0.1, 0.15) is 12.0 Å². The van der Waals surface area contributed by atoms with E-state index in [4.69, 9.17) is 5.11 Å². The molecule has 0 aliphatic carbocycles. The van der Waals surface area contributed by atoms with Crippen molar-refractivity contribution in [2.24, 2.45) is 0 Å². The quantitative estimate of drug-likeness (QED) is 0.754. The Kier molecular flexibility index (Phi) is 2.94. The summed E-state index contributed by atoms with van der Waals surface area (Å²) < 4.78 is 1.64. The summed E-state index contributed by atoms with van der Waals surface area (Å²) >= 11 is 0. The van der Waals surface area contributed by atoms with Gasteiger partial charge in [-0.05, 0) is 13.0 Å². The Morgan fingerprint density at radius 3 is 3.15 bits per heavy atom. The van der Waals surface area contributed by atoms with Crippen LogP contribution in [0.25, 0.3) is 22.3 Å². The first-order valence-corrected chi connectivity index (χ1v) is 6.19. The van der Waals surface area contributed by atoms with Crippen molar-refractivity contribution in [2.45, 2.75) is 19.4 Å². The van der Waals surface area contributed by atoms with Gasteiger partial charge in [-0.15, -0.1) is 0 Å². The molecule has 0 radical (unpaired) electrons. The van der Waals surface area contributed by atoms with E-state index in [1.165, 1.54) is 6.33 Å². The van der Waals surface area contributed by atoms with Crippen LogP contribution in [0.1, 0.15) is 19.4 Å². The monoisotopic (exact) mass is 271 g/mol. The maximum absolute atomic E-state index is 10.7. The van der Waals surface area contributed by atoms with Gasteiger partial charge in [0.15, 0.2) is 0 Å². The smallest absolute Gasteiger partial charge is 0.305 e. The van der Waals surface area contributed by atoms with Crippen molar-refractivity contribution in [3.05, 3.63) is 31.0 Å². The number of fused-ring (bicyclic) bond motifs is 1. The van der Waals surface area contributed by atoms with Gasteiger partial charge < -0.3 is 10.1 Å². The number of aromatic amines is 1. The second-order valence-electron chi connectivity index (χ2n) is 4.62. The summed E-state index contributed by atoms with van der Waals surface area (Å²) in [5, 5.41) is 14.0. The van der Waals surface area contributed by atoms with Crippen LogP contribution >= 0.6 is 0 Å². The number of carbonyl (C=O) groups is 1. The third-order valence-corrected chi connectivity index (χ3v) is 3.15. The first-order chi connectivity index (χ1) is 9.65. The lowest BCUT2D eigenvalue weighted by atomic mass is 10.2. The number of hydrogen-bond acceptors (Lipinski definition) is 4. The molecular formula is C13H13N5O2. The average Bonchev–Trinajstić information content (AvgIpc) is 3.06. The lowest BCUT2D eigenvalue weighted by molar-refractivity contribution is -0.137. The molecule has 0 amide bonds. The molecule has 7 heteroatoms. The van der Waals surface area contributed by atoms with E-state index < -0.39 is 5.97 Å². The minimum Gasteiger partial charge on any atom is -0.481 e. The van der Waals surface area contributed by atoms with E-state index in [9.17, 15) is 4.79 Å². The van der Waals surface area contributed by atoms with Crippen molar-refractivity contribution in [2.75, 3.05) is 0 Å². The zero-order chi connectivity index (χ0) is 14.1. The van der Waals surface area contributed by atoms with Crippen LogP contribution in [0.4, 0.5) is 0 Å². The van der Waals surface area contributed by atoms with Crippen LogP contribution in [0.5, 0.6) is 0 Å². The maximum Gasteiger partial charge on any atom is 0.305 e. The van der Waals surface area contributed by atoms with Crippen LogP contribution in [-0.4, -0.2) is 35.8 Å². The molecular weight excluding hydrogens is 258 g/mol. The molecule has 102 valence electrons. The molecule has 0 aliphatic rings. The first kappa shape index (κ1) is 12.3. The van der Waals surface area contributed by atoms with Crippen molar-refractivity contribution in [3.8, 4) is 11.3 Å². The van der Waals surface area contributed by atoms with Crippen LogP contribution in [0.3, 0.4) is 0 Å². The molecule has 0 bridgehead atoms. The van der Waals surface area contributed by atoms with Gasteiger partial charge in [-0.25, -0.2) is 9.97 Å². The SMILES string of the molecule is CC(CC(=O)O)n1cc(-c2ncnc3[nH]ccc23)cn1. The first-order valence-electron chi connectivity index (χ1n) is 6.19. The summed E-state index contributed by atoms with van der Waals surface area (Å²) in [6, 6.07) is 1.70. The molecule has 0 spiro atoms. The maximum atomic E-state index is 10.7. The second-order valence-corrected chi connectivity index (χ2v) is 4.62. The summed E-state index contributed by atoms with van der Waals surface area (Å²) in [4.78, 5) is 22.2. The summed E-state index contributed by atoms with van der Waals surface area (Å²) in [7, 11) is 0. The van der Waals surface area contributed by atoms with Gasteiger partial charge in [-0.3, -0.25) is 9.48 Å². The zero-order valence-electron chi connectivity index (χ0n) is 10.8. The van der Waals surface area contributed by atoms with E-state index in [-0.39, 0.29) is 12.5 Å². The Bertz CT molecular complexity index is 761. The average molecular weight is 271 g/mol. The van der Waals surface area contributed by atoms with E-state index in [1.54, 1.807) is 17.1 Å². The Hall–Kier alpha value is -2.70. The number of aliphatic carboxylic acids is 1. The molecule has 3 rings (SSSR count). The van der Waals surface area contributed by atoms with Crippen molar-refractivity contribution in [1.29, 1.82) is 0 Å². The Morgan fingerprint density at radius 2 is 2.35 bits per heavy atom. The van der Waals surface area contributed by atoms with E-state index in [1.807, 2.05) is 19.2 Å². The van der Waals surface area contributed by atoms with Crippen molar-refractivity contribution in [3.63, 3.8) is 0 Å². The number of rotatable bonds is 4. The molecule has 2 N–H and O–H groups in total. The molecule has 7 nitrogen and oxygen atoms in total. The van der Waals surface area contributed by atoms with Crippen LogP contribution in [-0.2, 0) is 4.79 Å². The molecule has 3 aromatic rings. The number of carboxylic acid groups (broad SMARTS) is 1. The molecule has 0 saturated carbocycles. The van der Waals surface area contributed by atoms with Crippen LogP contribution in [0.2, 0.25) is 0 Å². The molecule has 1 unspecified atom stereocenters. The number of hydrogen-bond donors (Lipinski definition) is 2. The standard InChI is InChI=1S/C13H13N5O2/c1-8(4-11(19)20)18-6-9(5-17-18)12-10-2-3-14-13(10)16-7-15-12/h2-3,5-8H,4H2,1H3,(H,19,20)(H,14,15,16). The minimum atomic E-state index is -0.843. The van der Waals surface area contributed by atoms with E-state index in [0.717, 1.165) is 22.3 Å².